The van der Waals surface area contributed by atoms with Crippen LogP contribution in [-0.2, 0) is 30.5 Å². The van der Waals surface area contributed by atoms with Crippen LogP contribution in [-0.4, -0.2) is 192 Å². The molecule has 4 aromatic rings. The molecule has 19 nitrogen and oxygen atoms in total. The molecular weight excluding hydrogens is 1090 g/mol. The monoisotopic (exact) mass is 1180 g/mol. The molecule has 2 aromatic heterocycles. The van der Waals surface area contributed by atoms with Crippen LogP contribution in [0.25, 0.3) is 10.4 Å². The molecule has 0 bridgehead atoms. The zero-order chi connectivity index (χ0) is 59.5. The van der Waals surface area contributed by atoms with Crippen LogP contribution >= 0.6 is 11.3 Å². The van der Waals surface area contributed by atoms with E-state index >= 15 is 8.78 Å². The van der Waals surface area contributed by atoms with Crippen LogP contribution in [0.15, 0.2) is 54.3 Å². The molecule has 0 aliphatic carbocycles. The summed E-state index contributed by atoms with van der Waals surface area (Å²) in [5, 5.41) is 23.4. The number of thiazole rings is 1. The Kier molecular flexibility index (Phi) is 18.9. The zero-order valence-corrected chi connectivity index (χ0v) is 50.9. The molecule has 6 saturated heterocycles. The van der Waals surface area contributed by atoms with E-state index in [2.05, 4.69) is 69.7 Å². The fourth-order valence-electron chi connectivity index (χ4n) is 13.3. The third kappa shape index (κ3) is 14.8. The van der Waals surface area contributed by atoms with E-state index in [9.17, 15) is 24.3 Å². The molecule has 6 fully saturated rings. The molecule has 6 atom stereocenters. The average molecular weight is 1180 g/mol. The Labute approximate surface area is 497 Å². The maximum Gasteiger partial charge on any atom is 0.246 e. The van der Waals surface area contributed by atoms with Gasteiger partial charge < -0.3 is 55.6 Å². The number of aromatic nitrogens is 3. The number of carbonyl (C=O) groups excluding carboxylic acids is 4. The molecule has 5 N–H and O–H groups in total. The van der Waals surface area contributed by atoms with Gasteiger partial charge in [-0.3, -0.25) is 24.1 Å². The lowest BCUT2D eigenvalue weighted by molar-refractivity contribution is -0.144. The van der Waals surface area contributed by atoms with Crippen LogP contribution in [0, 0.1) is 41.2 Å². The van der Waals surface area contributed by atoms with Gasteiger partial charge in [0.05, 0.1) is 59.2 Å². The molecule has 6 aliphatic rings. The number of hydrogen-bond acceptors (Lipinski definition) is 16. The van der Waals surface area contributed by atoms with Crippen LogP contribution < -0.4 is 31.1 Å². The molecule has 456 valence electrons. The first-order valence-corrected chi connectivity index (χ1v) is 31.1. The van der Waals surface area contributed by atoms with Crippen molar-refractivity contribution in [3.63, 3.8) is 0 Å². The highest BCUT2D eigenvalue weighted by Crippen LogP contribution is 2.36. The fourth-order valence-corrected chi connectivity index (χ4v) is 14.1. The average Bonchev–Trinajstić information content (AvgIpc) is 1.98. The van der Waals surface area contributed by atoms with Crippen LogP contribution in [0.5, 0.6) is 0 Å². The van der Waals surface area contributed by atoms with Gasteiger partial charge in [-0.2, -0.15) is 0 Å². The predicted octanol–water partition coefficient (Wildman–Crippen LogP) is 5.84. The molecule has 1 spiro atoms. The van der Waals surface area contributed by atoms with Gasteiger partial charge in [-0.05, 0) is 92.5 Å². The number of aliphatic hydroxyl groups is 1. The Balaban J connectivity index is 0.608. The van der Waals surface area contributed by atoms with E-state index in [1.54, 1.807) is 22.6 Å². The number of likely N-dealkylation sites (tertiary alicyclic amines) is 4. The smallest absolute Gasteiger partial charge is 0.246 e. The molecular formula is C62H87F2N13O6S. The molecule has 6 aliphatic heterocycles. The summed E-state index contributed by atoms with van der Waals surface area (Å²) in [5.41, 5.74) is 4.28. The quantitative estimate of drug-likeness (QED) is 0.0661. The minimum atomic E-state index is -0.887. The number of fused-ring (bicyclic) bond motifs is 1. The number of piperazine rings is 1. The lowest BCUT2D eigenvalue weighted by Gasteiger charge is -2.48. The van der Waals surface area contributed by atoms with Gasteiger partial charge in [-0.25, -0.2) is 23.7 Å². The second kappa shape index (κ2) is 26.0. The lowest BCUT2D eigenvalue weighted by Crippen LogP contribution is -2.66. The van der Waals surface area contributed by atoms with E-state index in [1.807, 2.05) is 70.5 Å². The van der Waals surface area contributed by atoms with E-state index in [4.69, 9.17) is 4.74 Å². The largest absolute Gasteiger partial charge is 0.391 e. The standard InChI is InChI=1S/C62H87F2N13O6S/c1-40(42-8-10-43(11-9-42)56-41(2)68-39-84-56)69-58(81)51-27-47(78)35-77(51)59(82)57(60(3,4)5)70-54(79)12-18-73-31-45-33-74(34-46(45)32-73)23-25-83-24-17-65-52-29-53(67-38-66-52)75-21-15-62(16-22-75)37-76(36-55(80)71-62)50-28-48(63)44(26-49(50)64)30-72-19-13-61(6,7)14-20-72/h8-11,26,28-29,38-40,45-47,51,57,78H,12-25,27,30-37H2,1-7H3,(H,69,81)(H,70,79)(H,71,80)(H,65,66,67)/t40-,45-,46+,47+,51-,57+/m0/s1. The number of benzene rings is 2. The van der Waals surface area contributed by atoms with Crippen LogP contribution in [0.4, 0.5) is 26.1 Å². The van der Waals surface area contributed by atoms with Crippen molar-refractivity contribution < 1.29 is 37.8 Å². The molecule has 10 rings (SSSR count). The number of β-amino-alcohol motifs (C(OH)–C–C–N with tert-alkyl or cyclic N) is 1. The Bertz CT molecular complexity index is 2950. The molecule has 0 saturated carbocycles. The molecule has 8 heterocycles. The number of nitrogens with one attached hydrogen (secondary N) is 4. The van der Waals surface area contributed by atoms with Crippen LogP contribution in [0.1, 0.15) is 103 Å². The van der Waals surface area contributed by atoms with Crippen molar-refractivity contribution in [3.8, 4) is 10.4 Å². The van der Waals surface area contributed by atoms with Crippen LogP contribution in [0.2, 0.25) is 0 Å². The topological polar surface area (TPSA) is 204 Å². The minimum Gasteiger partial charge on any atom is -0.391 e. The maximum absolute atomic E-state index is 15.7. The summed E-state index contributed by atoms with van der Waals surface area (Å²) in [6.07, 6.45) is 4.33. The fraction of sp³-hybridized carbons (Fsp3) is 0.629. The molecule has 4 amide bonds. The Hall–Kier alpha value is -5.91. The van der Waals surface area contributed by atoms with Crippen molar-refractivity contribution in [1.29, 1.82) is 0 Å². The number of aliphatic hydroxyl groups excluding tert-OH is 1. The van der Waals surface area contributed by atoms with Crippen molar-refractivity contribution >= 4 is 52.3 Å². The highest BCUT2D eigenvalue weighted by molar-refractivity contribution is 7.13. The van der Waals surface area contributed by atoms with Gasteiger partial charge in [0.1, 0.15) is 41.7 Å². The number of rotatable bonds is 20. The van der Waals surface area contributed by atoms with Crippen LogP contribution in [0.3, 0.4) is 0 Å². The highest BCUT2D eigenvalue weighted by atomic mass is 32.1. The van der Waals surface area contributed by atoms with E-state index in [0.29, 0.717) is 88.5 Å². The molecule has 0 radical (unpaired) electrons. The summed E-state index contributed by atoms with van der Waals surface area (Å²) in [6.45, 7) is 24.6. The van der Waals surface area contributed by atoms with Gasteiger partial charge in [0.2, 0.25) is 23.6 Å². The summed E-state index contributed by atoms with van der Waals surface area (Å²) in [5.74, 6) is 0.398. The summed E-state index contributed by atoms with van der Waals surface area (Å²) in [4.78, 5) is 81.5. The number of anilines is 3. The van der Waals surface area contributed by atoms with Crippen molar-refractivity contribution in [2.24, 2.45) is 22.7 Å². The van der Waals surface area contributed by atoms with E-state index in [-0.39, 0.29) is 66.7 Å². The van der Waals surface area contributed by atoms with Gasteiger partial charge in [0, 0.05) is 109 Å². The van der Waals surface area contributed by atoms with Gasteiger partial charge in [0.15, 0.2) is 0 Å². The summed E-state index contributed by atoms with van der Waals surface area (Å²) < 4.78 is 37.4. The molecule has 0 unspecified atom stereocenters. The first-order valence-electron chi connectivity index (χ1n) is 30.3. The first kappa shape index (κ1) is 61.2. The Morgan fingerprint density at radius 1 is 0.857 bits per heavy atom. The molecule has 22 heteroatoms. The van der Waals surface area contributed by atoms with E-state index in [1.165, 1.54) is 17.0 Å². The third-order valence-electron chi connectivity index (χ3n) is 18.4. The number of piperidine rings is 2. The number of hydrogen-bond donors (Lipinski definition) is 5. The number of halogens is 2. The molecule has 2 aromatic carbocycles. The summed E-state index contributed by atoms with van der Waals surface area (Å²) in [6, 6.07) is 10.4. The number of carbonyl (C=O) groups is 4. The number of ether oxygens (including phenoxy) is 1. The normalized spacial score (nSPS) is 23.6. The maximum atomic E-state index is 15.7. The van der Waals surface area contributed by atoms with Gasteiger partial charge in [0.25, 0.3) is 0 Å². The highest BCUT2D eigenvalue weighted by Gasteiger charge is 2.46. The Morgan fingerprint density at radius 3 is 2.24 bits per heavy atom. The van der Waals surface area contributed by atoms with E-state index < -0.39 is 40.8 Å². The van der Waals surface area contributed by atoms with Crippen molar-refractivity contribution in [2.75, 3.05) is 120 Å². The second-order valence-corrected chi connectivity index (χ2v) is 27.3. The number of amides is 4. The minimum absolute atomic E-state index is 0.0148. The predicted molar refractivity (Wildman–Crippen MR) is 321 cm³/mol. The van der Waals surface area contributed by atoms with Gasteiger partial charge >= 0.3 is 0 Å². The van der Waals surface area contributed by atoms with Gasteiger partial charge in [-0.1, -0.05) is 58.9 Å². The first-order chi connectivity index (χ1) is 40.1. The lowest BCUT2D eigenvalue weighted by atomic mass is 9.82. The molecule has 84 heavy (non-hydrogen) atoms. The number of nitrogens with zero attached hydrogens (tertiary/aromatic N) is 9. The van der Waals surface area contributed by atoms with Gasteiger partial charge in [-0.15, -0.1) is 11.3 Å². The van der Waals surface area contributed by atoms with Crippen molar-refractivity contribution in [1.82, 2.24) is 50.5 Å². The number of aryl methyl sites for hydroxylation is 1. The SMILES string of the molecule is Cc1ncsc1-c1ccc([C@H](C)NC(=O)[C@@H]2C[C@@H](O)CN2C(=O)[C@@H](NC(=O)CCN2C[C@H]3CN(CCOCCNc4cc(N5CCC6(CC5)CN(c5cc(F)c(CN7CCC(C)(C)CC7)cc5F)CC(=O)N6)ncn4)C[C@H]3C2)C(C)(C)C)cc1. The zero-order valence-electron chi connectivity index (χ0n) is 50.1. The summed E-state index contributed by atoms with van der Waals surface area (Å²) in [7, 11) is 0. The third-order valence-corrected chi connectivity index (χ3v) is 19.4. The Morgan fingerprint density at radius 2 is 1.56 bits per heavy atom. The summed E-state index contributed by atoms with van der Waals surface area (Å²) >= 11 is 1.58. The second-order valence-electron chi connectivity index (χ2n) is 26.5. The van der Waals surface area contributed by atoms with Crippen molar-refractivity contribution in [2.45, 2.75) is 123 Å². The van der Waals surface area contributed by atoms with Crippen molar-refractivity contribution in [3.05, 3.63) is 82.8 Å². The van der Waals surface area contributed by atoms with E-state index in [0.717, 1.165) is 86.2 Å².